The molecule has 0 aliphatic carbocycles. The molecule has 4 rings (SSSR count). The highest BCUT2D eigenvalue weighted by Gasteiger charge is 2.10. The molecular formula is C24H22N4O3. The van der Waals surface area contributed by atoms with E-state index in [9.17, 15) is 9.59 Å². The van der Waals surface area contributed by atoms with Gasteiger partial charge in [0, 0.05) is 17.5 Å². The van der Waals surface area contributed by atoms with Crippen molar-refractivity contribution in [3.05, 3.63) is 94.4 Å². The van der Waals surface area contributed by atoms with E-state index in [4.69, 9.17) is 4.74 Å². The molecule has 7 heteroatoms. The fraction of sp³-hybridized carbons (Fsp3) is 0.125. The third kappa shape index (κ3) is 4.72. The van der Waals surface area contributed by atoms with Gasteiger partial charge in [-0.1, -0.05) is 42.5 Å². The van der Waals surface area contributed by atoms with Crippen LogP contribution in [0.15, 0.2) is 77.6 Å². The molecule has 3 aromatic carbocycles. The SMILES string of the molecule is CCOc1ccccc1NC(=O)Nc1cccc(Cc2n[nH]c(=O)c3ccccc23)c1. The van der Waals surface area contributed by atoms with E-state index in [0.29, 0.717) is 35.5 Å². The Kier molecular flexibility index (Phi) is 5.93. The van der Waals surface area contributed by atoms with Gasteiger partial charge in [0.25, 0.3) is 5.56 Å². The van der Waals surface area contributed by atoms with E-state index in [1.807, 2.05) is 61.5 Å². The molecule has 2 amide bonds. The zero-order chi connectivity index (χ0) is 21.6. The van der Waals surface area contributed by atoms with Crippen molar-refractivity contribution in [3.63, 3.8) is 0 Å². The number of hydrogen-bond donors (Lipinski definition) is 3. The molecule has 1 heterocycles. The highest BCUT2D eigenvalue weighted by atomic mass is 16.5. The van der Waals surface area contributed by atoms with Crippen LogP contribution in [0, 0.1) is 0 Å². The summed E-state index contributed by atoms with van der Waals surface area (Å²) in [5, 5.41) is 13.9. The Hall–Kier alpha value is -4.13. The molecule has 0 aliphatic rings. The van der Waals surface area contributed by atoms with Crippen LogP contribution in [0.1, 0.15) is 18.2 Å². The van der Waals surface area contributed by atoms with E-state index in [2.05, 4.69) is 20.8 Å². The zero-order valence-electron chi connectivity index (χ0n) is 17.0. The predicted molar refractivity (Wildman–Crippen MR) is 122 cm³/mol. The maximum Gasteiger partial charge on any atom is 0.323 e. The van der Waals surface area contributed by atoms with Crippen LogP contribution in [-0.4, -0.2) is 22.8 Å². The van der Waals surface area contributed by atoms with Gasteiger partial charge in [0.1, 0.15) is 5.75 Å². The van der Waals surface area contributed by atoms with Crippen molar-refractivity contribution in [2.75, 3.05) is 17.2 Å². The summed E-state index contributed by atoms with van der Waals surface area (Å²) in [5.41, 5.74) is 2.76. The lowest BCUT2D eigenvalue weighted by atomic mass is 10.0. The number of ether oxygens (including phenoxy) is 1. The van der Waals surface area contributed by atoms with E-state index in [0.717, 1.165) is 16.6 Å². The molecule has 0 spiro atoms. The molecule has 0 saturated heterocycles. The monoisotopic (exact) mass is 414 g/mol. The minimum atomic E-state index is -0.364. The van der Waals surface area contributed by atoms with Gasteiger partial charge in [0.15, 0.2) is 0 Å². The molecule has 0 aliphatic heterocycles. The zero-order valence-corrected chi connectivity index (χ0v) is 17.0. The number of nitrogens with one attached hydrogen (secondary N) is 3. The van der Waals surface area contributed by atoms with E-state index >= 15 is 0 Å². The first-order valence-electron chi connectivity index (χ1n) is 9.99. The van der Waals surface area contributed by atoms with Crippen LogP contribution in [0.5, 0.6) is 5.75 Å². The van der Waals surface area contributed by atoms with Crippen molar-refractivity contribution in [1.29, 1.82) is 0 Å². The average molecular weight is 414 g/mol. The second-order valence-electron chi connectivity index (χ2n) is 6.93. The maximum atomic E-state index is 12.5. The molecule has 0 saturated carbocycles. The number of carbonyl (C=O) groups excluding carboxylic acids is 1. The first-order chi connectivity index (χ1) is 15.1. The third-order valence-electron chi connectivity index (χ3n) is 4.77. The van der Waals surface area contributed by atoms with Crippen molar-refractivity contribution in [3.8, 4) is 5.75 Å². The summed E-state index contributed by atoms with van der Waals surface area (Å²) in [7, 11) is 0. The number of urea groups is 1. The fourth-order valence-electron chi connectivity index (χ4n) is 3.39. The van der Waals surface area contributed by atoms with E-state index in [1.165, 1.54) is 0 Å². The summed E-state index contributed by atoms with van der Waals surface area (Å²) in [6.45, 7) is 2.40. The molecule has 4 aromatic rings. The van der Waals surface area contributed by atoms with Gasteiger partial charge < -0.3 is 15.4 Å². The number of H-pyrrole nitrogens is 1. The minimum Gasteiger partial charge on any atom is -0.492 e. The number of aromatic amines is 1. The molecule has 0 bridgehead atoms. The quantitative estimate of drug-likeness (QED) is 0.431. The molecule has 31 heavy (non-hydrogen) atoms. The minimum absolute atomic E-state index is 0.209. The van der Waals surface area contributed by atoms with Crippen molar-refractivity contribution < 1.29 is 9.53 Å². The predicted octanol–water partition coefficient (Wildman–Crippen LogP) is 4.56. The fourth-order valence-corrected chi connectivity index (χ4v) is 3.39. The van der Waals surface area contributed by atoms with Crippen molar-refractivity contribution >= 4 is 28.2 Å². The second kappa shape index (κ2) is 9.13. The van der Waals surface area contributed by atoms with Crippen molar-refractivity contribution in [1.82, 2.24) is 10.2 Å². The number of nitrogens with zero attached hydrogens (tertiary/aromatic N) is 1. The van der Waals surface area contributed by atoms with Gasteiger partial charge in [-0.15, -0.1) is 0 Å². The number of aromatic nitrogens is 2. The van der Waals surface area contributed by atoms with Crippen LogP contribution >= 0.6 is 0 Å². The summed E-state index contributed by atoms with van der Waals surface area (Å²) in [6, 6.07) is 21.8. The molecule has 1 aromatic heterocycles. The Morgan fingerprint density at radius 1 is 0.968 bits per heavy atom. The highest BCUT2D eigenvalue weighted by molar-refractivity contribution is 6.00. The van der Waals surface area contributed by atoms with Gasteiger partial charge in [0.05, 0.1) is 23.4 Å². The van der Waals surface area contributed by atoms with E-state index in [1.54, 1.807) is 18.2 Å². The topological polar surface area (TPSA) is 96.1 Å². The smallest absolute Gasteiger partial charge is 0.323 e. The lowest BCUT2D eigenvalue weighted by molar-refractivity contribution is 0.262. The number of fused-ring (bicyclic) bond motifs is 1. The molecule has 7 nitrogen and oxygen atoms in total. The summed E-state index contributed by atoms with van der Waals surface area (Å²) in [4.78, 5) is 24.5. The van der Waals surface area contributed by atoms with Gasteiger partial charge in [-0.3, -0.25) is 4.79 Å². The number of amides is 2. The van der Waals surface area contributed by atoms with Crippen molar-refractivity contribution in [2.45, 2.75) is 13.3 Å². The summed E-state index contributed by atoms with van der Waals surface area (Å²) in [6.07, 6.45) is 0.515. The normalized spacial score (nSPS) is 10.6. The van der Waals surface area contributed by atoms with Gasteiger partial charge in [-0.05, 0) is 42.8 Å². The maximum absolute atomic E-state index is 12.5. The molecule has 0 atom stereocenters. The Balaban J connectivity index is 1.50. The number of anilines is 2. The van der Waals surface area contributed by atoms with Crippen LogP contribution in [-0.2, 0) is 6.42 Å². The number of para-hydroxylation sites is 2. The van der Waals surface area contributed by atoms with Crippen LogP contribution in [0.2, 0.25) is 0 Å². The lowest BCUT2D eigenvalue weighted by Crippen LogP contribution is -2.20. The number of carbonyl (C=O) groups is 1. The average Bonchev–Trinajstić information content (AvgIpc) is 2.78. The standard InChI is InChI=1S/C24H22N4O3/c1-2-31-22-13-6-5-12-20(22)26-24(30)25-17-9-7-8-16(14-17)15-21-18-10-3-4-11-19(18)23(29)28-27-21/h3-14H,2,15H2,1H3,(H,28,29)(H2,25,26,30). The van der Waals surface area contributed by atoms with E-state index < -0.39 is 0 Å². The molecular weight excluding hydrogens is 392 g/mol. The number of rotatable bonds is 6. The summed E-state index contributed by atoms with van der Waals surface area (Å²) in [5.74, 6) is 0.616. The Morgan fingerprint density at radius 2 is 1.74 bits per heavy atom. The first-order valence-corrected chi connectivity index (χ1v) is 9.99. The number of hydrogen-bond acceptors (Lipinski definition) is 4. The van der Waals surface area contributed by atoms with Gasteiger partial charge >= 0.3 is 6.03 Å². The van der Waals surface area contributed by atoms with Crippen LogP contribution in [0.4, 0.5) is 16.2 Å². The Labute approximate surface area is 179 Å². The van der Waals surface area contributed by atoms with Crippen LogP contribution < -0.4 is 20.9 Å². The molecule has 0 radical (unpaired) electrons. The molecule has 0 fully saturated rings. The first kappa shape index (κ1) is 20.2. The highest BCUT2D eigenvalue weighted by Crippen LogP contribution is 2.24. The van der Waals surface area contributed by atoms with Gasteiger partial charge in [-0.2, -0.15) is 5.10 Å². The largest absolute Gasteiger partial charge is 0.492 e. The molecule has 3 N–H and O–H groups in total. The van der Waals surface area contributed by atoms with E-state index in [-0.39, 0.29) is 11.6 Å². The summed E-state index contributed by atoms with van der Waals surface area (Å²) < 4.78 is 5.54. The molecule has 156 valence electrons. The molecule has 0 unspecified atom stereocenters. The Bertz CT molecular complexity index is 1280. The van der Waals surface area contributed by atoms with Gasteiger partial charge in [-0.25, -0.2) is 9.89 Å². The summed E-state index contributed by atoms with van der Waals surface area (Å²) >= 11 is 0. The van der Waals surface area contributed by atoms with Gasteiger partial charge in [0.2, 0.25) is 0 Å². The number of benzene rings is 3. The second-order valence-corrected chi connectivity index (χ2v) is 6.93. The third-order valence-corrected chi connectivity index (χ3v) is 4.77. The lowest BCUT2D eigenvalue weighted by Gasteiger charge is -2.12. The van der Waals surface area contributed by atoms with Crippen molar-refractivity contribution in [2.24, 2.45) is 0 Å². The van der Waals surface area contributed by atoms with Crippen LogP contribution in [0.3, 0.4) is 0 Å². The Morgan fingerprint density at radius 3 is 2.58 bits per heavy atom. The van der Waals surface area contributed by atoms with Crippen LogP contribution in [0.25, 0.3) is 10.8 Å².